The first kappa shape index (κ1) is 19.7. The van der Waals surface area contributed by atoms with Crippen molar-refractivity contribution in [2.45, 2.75) is 19.4 Å². The number of benzene rings is 2. The molecule has 0 heterocycles. The summed E-state index contributed by atoms with van der Waals surface area (Å²) < 4.78 is 18.6. The Kier molecular flexibility index (Phi) is 7.24. The lowest BCUT2D eigenvalue weighted by atomic mass is 10.1. The van der Waals surface area contributed by atoms with E-state index in [1.54, 1.807) is 12.1 Å². The summed E-state index contributed by atoms with van der Waals surface area (Å²) in [5, 5.41) is 1.27. The van der Waals surface area contributed by atoms with E-state index in [4.69, 9.17) is 23.2 Å². The third kappa shape index (κ3) is 5.99. The molecule has 0 saturated carbocycles. The Morgan fingerprint density at radius 2 is 1.88 bits per heavy atom. The molecule has 0 unspecified atom stereocenters. The van der Waals surface area contributed by atoms with E-state index in [0.29, 0.717) is 22.2 Å². The summed E-state index contributed by atoms with van der Waals surface area (Å²) in [5.74, 6) is -0.847. The number of rotatable bonds is 7. The van der Waals surface area contributed by atoms with Crippen molar-refractivity contribution >= 4 is 29.2 Å². The standard InChI is InChI=1S/C19H20Cl2FNO2/c1-23(8-7-14-5-6-16(20)11-17(14)21)12-13-3-4-15(18(22)9-13)10-19(24)25-2/h3-6,9,11H,7-8,10,12H2,1-2H3. The molecule has 0 aromatic heterocycles. The number of ether oxygens (including phenoxy) is 1. The second kappa shape index (κ2) is 9.18. The van der Waals surface area contributed by atoms with Gasteiger partial charge in [0.15, 0.2) is 0 Å². The van der Waals surface area contributed by atoms with Gasteiger partial charge in [-0.15, -0.1) is 0 Å². The maximum absolute atomic E-state index is 14.1. The Labute approximate surface area is 157 Å². The average molecular weight is 384 g/mol. The lowest BCUT2D eigenvalue weighted by Crippen LogP contribution is -2.21. The Hall–Kier alpha value is -1.62. The third-order valence-corrected chi connectivity index (χ3v) is 4.50. The molecule has 0 aliphatic carbocycles. The van der Waals surface area contributed by atoms with Crippen molar-refractivity contribution in [2.75, 3.05) is 20.7 Å². The number of nitrogens with zero attached hydrogens (tertiary/aromatic N) is 1. The van der Waals surface area contributed by atoms with Gasteiger partial charge in [0.25, 0.3) is 0 Å². The van der Waals surface area contributed by atoms with E-state index in [0.717, 1.165) is 24.1 Å². The summed E-state index contributed by atoms with van der Waals surface area (Å²) in [6.07, 6.45) is 0.711. The van der Waals surface area contributed by atoms with Crippen LogP contribution in [0.5, 0.6) is 0 Å². The molecule has 0 aliphatic heterocycles. The number of esters is 1. The molecule has 0 spiro atoms. The fourth-order valence-electron chi connectivity index (χ4n) is 2.49. The molecule has 0 N–H and O–H groups in total. The normalized spacial score (nSPS) is 11.0. The molecule has 2 rings (SSSR count). The van der Waals surface area contributed by atoms with Gasteiger partial charge in [0.1, 0.15) is 5.82 Å². The zero-order chi connectivity index (χ0) is 18.4. The summed E-state index contributed by atoms with van der Waals surface area (Å²) >= 11 is 12.1. The minimum Gasteiger partial charge on any atom is -0.469 e. The van der Waals surface area contributed by atoms with Crippen molar-refractivity contribution in [2.24, 2.45) is 0 Å². The number of hydrogen-bond acceptors (Lipinski definition) is 3. The van der Waals surface area contributed by atoms with Gasteiger partial charge in [0, 0.05) is 23.1 Å². The predicted octanol–water partition coefficient (Wildman–Crippen LogP) is 4.52. The SMILES string of the molecule is COC(=O)Cc1ccc(CN(C)CCc2ccc(Cl)cc2Cl)cc1F. The fourth-order valence-corrected chi connectivity index (χ4v) is 2.99. The summed E-state index contributed by atoms with van der Waals surface area (Å²) in [6, 6.07) is 10.4. The fraction of sp³-hybridized carbons (Fsp3) is 0.316. The van der Waals surface area contributed by atoms with Gasteiger partial charge in [-0.25, -0.2) is 4.39 Å². The number of halogens is 3. The number of likely N-dealkylation sites (N-methyl/N-ethyl adjacent to an activating group) is 1. The van der Waals surface area contributed by atoms with Gasteiger partial charge < -0.3 is 9.64 Å². The van der Waals surface area contributed by atoms with Gasteiger partial charge in [0.2, 0.25) is 0 Å². The number of methoxy groups -OCH3 is 1. The van der Waals surface area contributed by atoms with E-state index in [1.807, 2.05) is 25.2 Å². The molecule has 0 aliphatic rings. The minimum absolute atomic E-state index is 0.0620. The van der Waals surface area contributed by atoms with Crippen molar-refractivity contribution in [1.82, 2.24) is 4.90 Å². The van der Waals surface area contributed by atoms with Crippen LogP contribution >= 0.6 is 23.2 Å². The maximum atomic E-state index is 14.1. The average Bonchev–Trinajstić information content (AvgIpc) is 2.56. The molecule has 0 atom stereocenters. The largest absolute Gasteiger partial charge is 0.469 e. The number of carbonyl (C=O) groups is 1. The summed E-state index contributed by atoms with van der Waals surface area (Å²) in [7, 11) is 3.25. The van der Waals surface area contributed by atoms with Gasteiger partial charge >= 0.3 is 5.97 Å². The second-order valence-corrected chi connectivity index (χ2v) is 6.75. The van der Waals surface area contributed by atoms with Gasteiger partial charge in [-0.05, 0) is 48.4 Å². The van der Waals surface area contributed by atoms with Crippen LogP contribution in [-0.4, -0.2) is 31.6 Å². The quantitative estimate of drug-likeness (QED) is 0.658. The van der Waals surface area contributed by atoms with E-state index in [2.05, 4.69) is 9.64 Å². The molecule has 0 bridgehead atoms. The Balaban J connectivity index is 1.92. The summed E-state index contributed by atoms with van der Waals surface area (Å²) in [6.45, 7) is 1.37. The molecule has 0 radical (unpaired) electrons. The van der Waals surface area contributed by atoms with Crippen LogP contribution in [0.25, 0.3) is 0 Å². The molecule has 0 saturated heterocycles. The summed E-state index contributed by atoms with van der Waals surface area (Å²) in [4.78, 5) is 13.3. The Morgan fingerprint density at radius 1 is 1.16 bits per heavy atom. The molecule has 0 fully saturated rings. The molecule has 2 aromatic rings. The second-order valence-electron chi connectivity index (χ2n) is 5.90. The van der Waals surface area contributed by atoms with Crippen LogP contribution < -0.4 is 0 Å². The van der Waals surface area contributed by atoms with Crippen LogP contribution in [-0.2, 0) is 28.9 Å². The Bertz CT molecular complexity index is 752. The molecular formula is C19H20Cl2FNO2. The van der Waals surface area contributed by atoms with Crippen LogP contribution in [0.1, 0.15) is 16.7 Å². The molecule has 25 heavy (non-hydrogen) atoms. The first-order valence-electron chi connectivity index (χ1n) is 7.85. The monoisotopic (exact) mass is 383 g/mol. The smallest absolute Gasteiger partial charge is 0.310 e. The van der Waals surface area contributed by atoms with Crippen LogP contribution in [0.2, 0.25) is 10.0 Å². The van der Waals surface area contributed by atoms with Crippen LogP contribution in [0, 0.1) is 5.82 Å². The zero-order valence-electron chi connectivity index (χ0n) is 14.2. The third-order valence-electron chi connectivity index (χ3n) is 3.91. The highest BCUT2D eigenvalue weighted by atomic mass is 35.5. The van der Waals surface area contributed by atoms with Crippen molar-refractivity contribution in [3.8, 4) is 0 Å². The molecule has 0 amide bonds. The summed E-state index contributed by atoms with van der Waals surface area (Å²) in [5.41, 5.74) is 2.21. The Morgan fingerprint density at radius 3 is 2.52 bits per heavy atom. The first-order chi connectivity index (χ1) is 11.9. The van der Waals surface area contributed by atoms with E-state index < -0.39 is 11.8 Å². The predicted molar refractivity (Wildman–Crippen MR) is 98.6 cm³/mol. The highest BCUT2D eigenvalue weighted by Gasteiger charge is 2.10. The highest BCUT2D eigenvalue weighted by molar-refractivity contribution is 6.35. The topological polar surface area (TPSA) is 29.5 Å². The van der Waals surface area contributed by atoms with Gasteiger partial charge in [-0.2, -0.15) is 0 Å². The van der Waals surface area contributed by atoms with Crippen LogP contribution in [0.3, 0.4) is 0 Å². The van der Waals surface area contributed by atoms with Crippen molar-refractivity contribution < 1.29 is 13.9 Å². The van der Waals surface area contributed by atoms with Gasteiger partial charge in [-0.3, -0.25) is 4.79 Å². The van der Waals surface area contributed by atoms with Gasteiger partial charge in [0.05, 0.1) is 13.5 Å². The van der Waals surface area contributed by atoms with E-state index in [-0.39, 0.29) is 6.42 Å². The highest BCUT2D eigenvalue weighted by Crippen LogP contribution is 2.21. The van der Waals surface area contributed by atoms with E-state index in [1.165, 1.54) is 13.2 Å². The molecule has 134 valence electrons. The van der Waals surface area contributed by atoms with Crippen LogP contribution in [0.4, 0.5) is 4.39 Å². The first-order valence-corrected chi connectivity index (χ1v) is 8.61. The zero-order valence-corrected chi connectivity index (χ0v) is 15.7. The van der Waals surface area contributed by atoms with Gasteiger partial charge in [-0.1, -0.05) is 41.4 Å². The lowest BCUT2D eigenvalue weighted by molar-refractivity contribution is -0.139. The minimum atomic E-state index is -0.455. The van der Waals surface area contributed by atoms with Crippen molar-refractivity contribution in [1.29, 1.82) is 0 Å². The lowest BCUT2D eigenvalue weighted by Gasteiger charge is -2.17. The molecular weight excluding hydrogens is 364 g/mol. The van der Waals surface area contributed by atoms with E-state index in [9.17, 15) is 9.18 Å². The number of carbonyl (C=O) groups excluding carboxylic acids is 1. The van der Waals surface area contributed by atoms with E-state index >= 15 is 0 Å². The molecule has 6 heteroatoms. The van der Waals surface area contributed by atoms with Crippen molar-refractivity contribution in [3.63, 3.8) is 0 Å². The molecule has 3 nitrogen and oxygen atoms in total. The van der Waals surface area contributed by atoms with Crippen molar-refractivity contribution in [3.05, 3.63) is 69.0 Å². The maximum Gasteiger partial charge on any atom is 0.310 e. The number of hydrogen-bond donors (Lipinski definition) is 0. The van der Waals surface area contributed by atoms with Crippen LogP contribution in [0.15, 0.2) is 36.4 Å². The molecule has 2 aromatic carbocycles.